The van der Waals surface area contributed by atoms with Crippen LogP contribution in [0.3, 0.4) is 0 Å². The predicted molar refractivity (Wildman–Crippen MR) is 106 cm³/mol. The summed E-state index contributed by atoms with van der Waals surface area (Å²) in [4.78, 5) is 32.1. The third kappa shape index (κ3) is 3.47. The number of hydrogen-bond donors (Lipinski definition) is 0. The summed E-state index contributed by atoms with van der Waals surface area (Å²) in [5.41, 5.74) is 1.21. The molecule has 3 rings (SSSR count). The van der Waals surface area contributed by atoms with E-state index in [2.05, 4.69) is 13.5 Å². The number of carbonyl (C=O) groups excluding carboxylic acids is 1. The van der Waals surface area contributed by atoms with Crippen molar-refractivity contribution in [3.63, 3.8) is 0 Å². The second kappa shape index (κ2) is 7.46. The van der Waals surface area contributed by atoms with Crippen molar-refractivity contribution in [2.45, 2.75) is 63.4 Å². The summed E-state index contributed by atoms with van der Waals surface area (Å²) in [6.07, 6.45) is 5.32. The molecular formula is C19H24N2O2S2. The number of carbonyl (C=O) groups is 1. The van der Waals surface area contributed by atoms with E-state index in [0.717, 1.165) is 29.5 Å². The second-order valence-corrected chi connectivity index (χ2v) is 9.10. The van der Waals surface area contributed by atoms with Crippen LogP contribution in [-0.4, -0.2) is 20.6 Å². The first-order chi connectivity index (χ1) is 12.0. The average Bonchev–Trinajstić information content (AvgIpc) is 2.94. The van der Waals surface area contributed by atoms with Crippen molar-refractivity contribution < 1.29 is 4.79 Å². The smallest absolute Gasteiger partial charge is 0.263 e. The van der Waals surface area contributed by atoms with E-state index in [0.29, 0.717) is 24.0 Å². The van der Waals surface area contributed by atoms with Gasteiger partial charge in [-0.15, -0.1) is 17.9 Å². The number of fused-ring (bicyclic) bond motifs is 3. The average molecular weight is 377 g/mol. The topological polar surface area (TPSA) is 52.0 Å². The molecule has 2 heterocycles. The molecule has 0 aromatic carbocycles. The van der Waals surface area contributed by atoms with Crippen LogP contribution in [0, 0.1) is 5.92 Å². The fourth-order valence-corrected chi connectivity index (χ4v) is 5.77. The molecule has 0 saturated heterocycles. The Balaban J connectivity index is 2.14. The Hall–Kier alpha value is -1.40. The van der Waals surface area contributed by atoms with Gasteiger partial charge in [0.25, 0.3) is 5.56 Å². The van der Waals surface area contributed by atoms with E-state index in [1.165, 1.54) is 22.2 Å². The standard InChI is InChI=1S/C19H24N2O2S2/c1-5-9-21-18(23)16-13-8-7-11(3)10-15(13)25-17(16)20-19(21)24-12(4)14(22)6-2/h5,11-12H,1,6-10H2,2-4H3. The first kappa shape index (κ1) is 18.4. The fourth-order valence-electron chi connectivity index (χ4n) is 3.30. The van der Waals surface area contributed by atoms with Gasteiger partial charge in [-0.3, -0.25) is 14.2 Å². The maximum atomic E-state index is 13.2. The lowest BCUT2D eigenvalue weighted by Crippen LogP contribution is -2.25. The number of aryl methyl sites for hydroxylation is 1. The van der Waals surface area contributed by atoms with Crippen LogP contribution in [0.5, 0.6) is 0 Å². The van der Waals surface area contributed by atoms with Gasteiger partial charge in [0.1, 0.15) is 10.6 Å². The minimum atomic E-state index is -0.208. The number of allylic oxidation sites excluding steroid dienone is 1. The molecule has 0 bridgehead atoms. The normalized spacial score (nSPS) is 18.1. The molecule has 4 nitrogen and oxygen atoms in total. The maximum absolute atomic E-state index is 13.2. The van der Waals surface area contributed by atoms with Crippen LogP contribution < -0.4 is 5.56 Å². The molecule has 0 radical (unpaired) electrons. The fraction of sp³-hybridized carbons (Fsp3) is 0.526. The highest BCUT2D eigenvalue weighted by atomic mass is 32.2. The van der Waals surface area contributed by atoms with Crippen LogP contribution >= 0.6 is 23.1 Å². The van der Waals surface area contributed by atoms with Gasteiger partial charge in [-0.25, -0.2) is 4.98 Å². The van der Waals surface area contributed by atoms with Crippen LogP contribution in [0.15, 0.2) is 22.6 Å². The molecule has 134 valence electrons. The molecule has 6 heteroatoms. The van der Waals surface area contributed by atoms with Crippen molar-refractivity contribution in [2.24, 2.45) is 5.92 Å². The summed E-state index contributed by atoms with van der Waals surface area (Å²) in [7, 11) is 0. The highest BCUT2D eigenvalue weighted by Gasteiger charge is 2.25. The minimum absolute atomic E-state index is 0.00982. The Morgan fingerprint density at radius 3 is 3.00 bits per heavy atom. The molecule has 0 fully saturated rings. The van der Waals surface area contributed by atoms with Crippen LogP contribution in [0.25, 0.3) is 10.2 Å². The van der Waals surface area contributed by atoms with Gasteiger partial charge in [-0.2, -0.15) is 0 Å². The Morgan fingerprint density at radius 2 is 2.32 bits per heavy atom. The highest BCUT2D eigenvalue weighted by molar-refractivity contribution is 8.00. The number of aromatic nitrogens is 2. The molecule has 2 aromatic heterocycles. The SMILES string of the molecule is C=CCn1c(SC(C)C(=O)CC)nc2sc3c(c2c1=O)CCC(C)C3. The molecule has 0 amide bonds. The second-order valence-electron chi connectivity index (χ2n) is 6.71. The number of hydrogen-bond acceptors (Lipinski definition) is 5. The predicted octanol–water partition coefficient (Wildman–Crippen LogP) is 4.23. The van der Waals surface area contributed by atoms with Gasteiger partial charge in [0, 0.05) is 17.8 Å². The van der Waals surface area contributed by atoms with Crippen molar-refractivity contribution >= 4 is 39.1 Å². The van der Waals surface area contributed by atoms with E-state index in [9.17, 15) is 9.59 Å². The zero-order valence-electron chi connectivity index (χ0n) is 15.0. The Kier molecular flexibility index (Phi) is 5.49. The minimum Gasteiger partial charge on any atom is -0.298 e. The number of thioether (sulfide) groups is 1. The Labute approximate surface area is 156 Å². The van der Waals surface area contributed by atoms with E-state index in [-0.39, 0.29) is 16.6 Å². The molecule has 0 spiro atoms. The molecule has 1 aliphatic carbocycles. The van der Waals surface area contributed by atoms with Gasteiger partial charge < -0.3 is 0 Å². The third-order valence-electron chi connectivity index (χ3n) is 4.78. The summed E-state index contributed by atoms with van der Waals surface area (Å²) in [5, 5.41) is 1.20. The monoisotopic (exact) mass is 376 g/mol. The van der Waals surface area contributed by atoms with Crippen molar-refractivity contribution in [3.8, 4) is 0 Å². The maximum Gasteiger partial charge on any atom is 0.263 e. The van der Waals surface area contributed by atoms with Crippen LogP contribution in [0.2, 0.25) is 0 Å². The van der Waals surface area contributed by atoms with Gasteiger partial charge >= 0.3 is 0 Å². The molecule has 0 aliphatic heterocycles. The number of Topliss-reactive ketones (excluding diaryl/α,β-unsaturated/α-hetero) is 1. The van der Waals surface area contributed by atoms with Gasteiger partial charge in [-0.1, -0.05) is 31.7 Å². The van der Waals surface area contributed by atoms with E-state index in [4.69, 9.17) is 4.98 Å². The molecule has 0 N–H and O–H groups in total. The lowest BCUT2D eigenvalue weighted by Gasteiger charge is -2.18. The molecule has 2 unspecified atom stereocenters. The third-order valence-corrected chi connectivity index (χ3v) is 7.06. The van der Waals surface area contributed by atoms with Crippen LogP contribution in [0.1, 0.15) is 44.1 Å². The summed E-state index contributed by atoms with van der Waals surface area (Å²) in [6, 6.07) is 0. The van der Waals surface area contributed by atoms with Crippen LogP contribution in [0.4, 0.5) is 0 Å². The van der Waals surface area contributed by atoms with Gasteiger partial charge in [-0.05, 0) is 37.7 Å². The number of ketones is 1. The zero-order valence-corrected chi connectivity index (χ0v) is 16.6. The lowest BCUT2D eigenvalue weighted by molar-refractivity contribution is -0.118. The van der Waals surface area contributed by atoms with Crippen molar-refractivity contribution in [1.82, 2.24) is 9.55 Å². The number of thiophene rings is 1. The van der Waals surface area contributed by atoms with Gasteiger partial charge in [0.2, 0.25) is 0 Å². The Bertz CT molecular complexity index is 882. The molecule has 25 heavy (non-hydrogen) atoms. The highest BCUT2D eigenvalue weighted by Crippen LogP contribution is 2.37. The Morgan fingerprint density at radius 1 is 1.56 bits per heavy atom. The lowest BCUT2D eigenvalue weighted by atomic mass is 9.89. The van der Waals surface area contributed by atoms with E-state index in [1.54, 1.807) is 22.0 Å². The number of nitrogens with zero attached hydrogens (tertiary/aromatic N) is 2. The zero-order chi connectivity index (χ0) is 18.1. The molecule has 2 atom stereocenters. The van der Waals surface area contributed by atoms with E-state index >= 15 is 0 Å². The quantitative estimate of drug-likeness (QED) is 0.430. The first-order valence-electron chi connectivity index (χ1n) is 8.81. The van der Waals surface area contributed by atoms with Gasteiger partial charge in [0.15, 0.2) is 5.16 Å². The summed E-state index contributed by atoms with van der Waals surface area (Å²) in [6.45, 7) is 10.2. The molecule has 2 aromatic rings. The van der Waals surface area contributed by atoms with Crippen LogP contribution in [-0.2, 0) is 24.2 Å². The van der Waals surface area contributed by atoms with Gasteiger partial charge in [0.05, 0.1) is 10.6 Å². The number of rotatable bonds is 6. The van der Waals surface area contributed by atoms with Crippen molar-refractivity contribution in [2.75, 3.05) is 0 Å². The first-order valence-corrected chi connectivity index (χ1v) is 10.5. The van der Waals surface area contributed by atoms with E-state index < -0.39 is 0 Å². The summed E-state index contributed by atoms with van der Waals surface area (Å²) < 4.78 is 1.67. The molecule has 0 saturated carbocycles. The molecular weight excluding hydrogens is 352 g/mol. The van der Waals surface area contributed by atoms with Crippen molar-refractivity contribution in [3.05, 3.63) is 33.4 Å². The van der Waals surface area contributed by atoms with Crippen molar-refractivity contribution in [1.29, 1.82) is 0 Å². The summed E-state index contributed by atoms with van der Waals surface area (Å²) in [5.74, 6) is 0.829. The molecule has 1 aliphatic rings. The van der Waals surface area contributed by atoms with E-state index in [1.807, 2.05) is 13.8 Å². The largest absolute Gasteiger partial charge is 0.298 e. The summed E-state index contributed by atoms with van der Waals surface area (Å²) >= 11 is 3.03.